The lowest BCUT2D eigenvalue weighted by Crippen LogP contribution is -2.50. The smallest absolute Gasteiger partial charge is 0.227 e. The highest BCUT2D eigenvalue weighted by molar-refractivity contribution is 5.79. The Morgan fingerprint density at radius 1 is 1.40 bits per heavy atom. The Labute approximate surface area is 122 Å². The maximum atomic E-state index is 12.5. The van der Waals surface area contributed by atoms with Gasteiger partial charge in [0.1, 0.15) is 0 Å². The van der Waals surface area contributed by atoms with Crippen molar-refractivity contribution < 1.29 is 4.79 Å². The monoisotopic (exact) mass is 274 g/mol. The van der Waals surface area contributed by atoms with Crippen LogP contribution in [-0.4, -0.2) is 37.0 Å². The number of rotatable bonds is 4. The zero-order valence-corrected chi connectivity index (χ0v) is 12.9. The van der Waals surface area contributed by atoms with E-state index in [1.807, 2.05) is 19.2 Å². The Morgan fingerprint density at radius 2 is 2.15 bits per heavy atom. The SMILES string of the molecule is CCC1CN(C(=O)Cc2ccccc2C)CCC1NC. The summed E-state index contributed by atoms with van der Waals surface area (Å²) >= 11 is 0. The minimum Gasteiger partial charge on any atom is -0.342 e. The van der Waals surface area contributed by atoms with Crippen molar-refractivity contribution >= 4 is 5.91 Å². The highest BCUT2D eigenvalue weighted by Crippen LogP contribution is 2.21. The molecule has 1 heterocycles. The molecular weight excluding hydrogens is 248 g/mol. The second kappa shape index (κ2) is 6.89. The average Bonchev–Trinajstić information content (AvgIpc) is 2.48. The zero-order valence-electron chi connectivity index (χ0n) is 12.9. The normalized spacial score (nSPS) is 22.9. The highest BCUT2D eigenvalue weighted by atomic mass is 16.2. The zero-order chi connectivity index (χ0) is 14.5. The van der Waals surface area contributed by atoms with Gasteiger partial charge in [-0.2, -0.15) is 0 Å². The van der Waals surface area contributed by atoms with Gasteiger partial charge >= 0.3 is 0 Å². The largest absolute Gasteiger partial charge is 0.342 e. The van der Waals surface area contributed by atoms with Crippen LogP contribution in [0.2, 0.25) is 0 Å². The fraction of sp³-hybridized carbons (Fsp3) is 0.588. The fourth-order valence-electron chi connectivity index (χ4n) is 3.14. The van der Waals surface area contributed by atoms with Crippen molar-refractivity contribution in [1.29, 1.82) is 0 Å². The molecule has 2 unspecified atom stereocenters. The van der Waals surface area contributed by atoms with E-state index in [9.17, 15) is 4.79 Å². The van der Waals surface area contributed by atoms with Crippen LogP contribution in [0.15, 0.2) is 24.3 Å². The van der Waals surface area contributed by atoms with Gasteiger partial charge in [0.25, 0.3) is 0 Å². The van der Waals surface area contributed by atoms with Crippen molar-refractivity contribution in [2.24, 2.45) is 5.92 Å². The van der Waals surface area contributed by atoms with Crippen LogP contribution < -0.4 is 5.32 Å². The number of aryl methyl sites for hydroxylation is 1. The number of hydrogen-bond donors (Lipinski definition) is 1. The number of hydrogen-bond acceptors (Lipinski definition) is 2. The van der Waals surface area contributed by atoms with Crippen LogP contribution >= 0.6 is 0 Å². The standard InChI is InChI=1S/C17H26N2O/c1-4-14-12-19(10-9-16(14)18-3)17(20)11-15-8-6-5-7-13(15)2/h5-8,14,16,18H,4,9-12H2,1-3H3. The molecule has 1 aromatic carbocycles. The first-order valence-corrected chi connectivity index (χ1v) is 7.65. The Balaban J connectivity index is 1.98. The molecule has 1 amide bonds. The van der Waals surface area contributed by atoms with Crippen LogP contribution in [0.4, 0.5) is 0 Å². The second-order valence-corrected chi connectivity index (χ2v) is 5.80. The molecule has 1 aliphatic heterocycles. The summed E-state index contributed by atoms with van der Waals surface area (Å²) in [5, 5.41) is 3.39. The van der Waals surface area contributed by atoms with E-state index < -0.39 is 0 Å². The van der Waals surface area contributed by atoms with Crippen molar-refractivity contribution in [2.45, 2.75) is 39.2 Å². The minimum absolute atomic E-state index is 0.271. The van der Waals surface area contributed by atoms with E-state index in [2.05, 4.69) is 36.2 Å². The van der Waals surface area contributed by atoms with Gasteiger partial charge in [-0.3, -0.25) is 4.79 Å². The Morgan fingerprint density at radius 3 is 2.80 bits per heavy atom. The average molecular weight is 274 g/mol. The van der Waals surface area contributed by atoms with Crippen molar-refractivity contribution in [3.63, 3.8) is 0 Å². The predicted molar refractivity (Wildman–Crippen MR) is 82.7 cm³/mol. The van der Waals surface area contributed by atoms with Gasteiger partial charge in [0, 0.05) is 19.1 Å². The quantitative estimate of drug-likeness (QED) is 0.914. The van der Waals surface area contributed by atoms with E-state index in [0.717, 1.165) is 31.5 Å². The van der Waals surface area contributed by atoms with Gasteiger partial charge in [0.05, 0.1) is 6.42 Å². The Kier molecular flexibility index (Phi) is 5.18. The molecule has 2 rings (SSSR count). The number of benzene rings is 1. The van der Waals surface area contributed by atoms with Gasteiger partial charge in [0.15, 0.2) is 0 Å². The van der Waals surface area contributed by atoms with Crippen molar-refractivity contribution in [2.75, 3.05) is 20.1 Å². The van der Waals surface area contributed by atoms with Crippen molar-refractivity contribution in [3.8, 4) is 0 Å². The molecule has 3 heteroatoms. The van der Waals surface area contributed by atoms with Crippen LogP contribution in [0, 0.1) is 12.8 Å². The molecule has 0 bridgehead atoms. The Bertz CT molecular complexity index is 458. The lowest BCUT2D eigenvalue weighted by molar-refractivity contribution is -0.132. The molecule has 2 atom stereocenters. The van der Waals surface area contributed by atoms with Crippen molar-refractivity contribution in [3.05, 3.63) is 35.4 Å². The van der Waals surface area contributed by atoms with E-state index in [0.29, 0.717) is 18.4 Å². The third-order valence-corrected chi connectivity index (χ3v) is 4.58. The molecule has 3 nitrogen and oxygen atoms in total. The maximum Gasteiger partial charge on any atom is 0.227 e. The van der Waals surface area contributed by atoms with Gasteiger partial charge in [0.2, 0.25) is 5.91 Å². The molecule has 1 fully saturated rings. The number of nitrogens with one attached hydrogen (secondary N) is 1. The van der Waals surface area contributed by atoms with Crippen LogP contribution in [0.5, 0.6) is 0 Å². The topological polar surface area (TPSA) is 32.3 Å². The van der Waals surface area contributed by atoms with E-state index in [4.69, 9.17) is 0 Å². The van der Waals surface area contributed by atoms with Gasteiger partial charge in [-0.1, -0.05) is 37.6 Å². The third-order valence-electron chi connectivity index (χ3n) is 4.58. The van der Waals surface area contributed by atoms with Crippen LogP contribution in [0.3, 0.4) is 0 Å². The molecule has 0 aliphatic carbocycles. The van der Waals surface area contributed by atoms with Gasteiger partial charge in [-0.25, -0.2) is 0 Å². The molecule has 1 aliphatic rings. The molecule has 20 heavy (non-hydrogen) atoms. The molecule has 1 saturated heterocycles. The summed E-state index contributed by atoms with van der Waals surface area (Å²) in [7, 11) is 2.03. The number of amides is 1. The summed E-state index contributed by atoms with van der Waals surface area (Å²) in [5.74, 6) is 0.849. The summed E-state index contributed by atoms with van der Waals surface area (Å²) in [6.45, 7) is 6.06. The fourth-order valence-corrected chi connectivity index (χ4v) is 3.14. The summed E-state index contributed by atoms with van der Waals surface area (Å²) in [6, 6.07) is 8.73. The first kappa shape index (κ1) is 15.0. The van der Waals surface area contributed by atoms with Gasteiger partial charge < -0.3 is 10.2 Å². The van der Waals surface area contributed by atoms with Crippen LogP contribution in [0.1, 0.15) is 30.9 Å². The van der Waals surface area contributed by atoms with E-state index in [-0.39, 0.29) is 5.91 Å². The second-order valence-electron chi connectivity index (χ2n) is 5.80. The number of carbonyl (C=O) groups is 1. The third kappa shape index (κ3) is 3.40. The molecule has 1 N–H and O–H groups in total. The minimum atomic E-state index is 0.271. The maximum absolute atomic E-state index is 12.5. The molecule has 0 radical (unpaired) electrons. The number of likely N-dealkylation sites (tertiary alicyclic amines) is 1. The molecular formula is C17H26N2O. The summed E-state index contributed by atoms with van der Waals surface area (Å²) < 4.78 is 0. The first-order chi connectivity index (χ1) is 9.65. The van der Waals surface area contributed by atoms with Gasteiger partial charge in [-0.05, 0) is 37.4 Å². The van der Waals surface area contributed by atoms with Crippen molar-refractivity contribution in [1.82, 2.24) is 10.2 Å². The Hall–Kier alpha value is -1.35. The molecule has 0 saturated carbocycles. The lowest BCUT2D eigenvalue weighted by Gasteiger charge is -2.38. The first-order valence-electron chi connectivity index (χ1n) is 7.65. The predicted octanol–water partition coefficient (Wildman–Crippen LogP) is 2.38. The lowest BCUT2D eigenvalue weighted by atomic mass is 9.89. The summed E-state index contributed by atoms with van der Waals surface area (Å²) in [4.78, 5) is 14.5. The molecule has 1 aromatic rings. The van der Waals surface area contributed by atoms with E-state index >= 15 is 0 Å². The van der Waals surface area contributed by atoms with Gasteiger partial charge in [-0.15, -0.1) is 0 Å². The number of carbonyl (C=O) groups excluding carboxylic acids is 1. The number of piperidine rings is 1. The van der Waals surface area contributed by atoms with E-state index in [1.54, 1.807) is 0 Å². The van der Waals surface area contributed by atoms with Crippen LogP contribution in [0.25, 0.3) is 0 Å². The summed E-state index contributed by atoms with van der Waals surface area (Å²) in [5.41, 5.74) is 2.36. The molecule has 0 aromatic heterocycles. The summed E-state index contributed by atoms with van der Waals surface area (Å²) in [6.07, 6.45) is 2.72. The van der Waals surface area contributed by atoms with E-state index in [1.165, 1.54) is 5.56 Å². The molecule has 110 valence electrons. The highest BCUT2D eigenvalue weighted by Gasteiger charge is 2.29. The molecule has 0 spiro atoms. The number of nitrogens with zero attached hydrogens (tertiary/aromatic N) is 1. The van der Waals surface area contributed by atoms with Crippen LogP contribution in [-0.2, 0) is 11.2 Å².